The van der Waals surface area contributed by atoms with E-state index in [1.807, 2.05) is 0 Å². The first-order chi connectivity index (χ1) is 7.54. The van der Waals surface area contributed by atoms with Crippen molar-refractivity contribution in [1.29, 1.82) is 0 Å². The molecule has 1 fully saturated rings. The number of hydrogen-bond donors (Lipinski definition) is 1. The Kier molecular flexibility index (Phi) is 3.35. The molecule has 88 valence electrons. The normalized spacial score (nSPS) is 21.1. The molecule has 1 aliphatic heterocycles. The fourth-order valence-electron chi connectivity index (χ4n) is 2.09. The summed E-state index contributed by atoms with van der Waals surface area (Å²) in [4.78, 5) is 0. The maximum atomic E-state index is 5.94. The van der Waals surface area contributed by atoms with Crippen molar-refractivity contribution < 1.29 is 4.43 Å². The van der Waals surface area contributed by atoms with E-state index in [1.54, 1.807) is 0 Å². The van der Waals surface area contributed by atoms with Gasteiger partial charge in [-0.1, -0.05) is 12.1 Å². The van der Waals surface area contributed by atoms with Crippen molar-refractivity contribution in [2.75, 3.05) is 6.54 Å². The monoisotopic (exact) mass is 235 g/mol. The van der Waals surface area contributed by atoms with Gasteiger partial charge in [0, 0.05) is 6.04 Å². The number of hydrogen-bond acceptors (Lipinski definition) is 2. The highest BCUT2D eigenvalue weighted by Crippen LogP contribution is 2.25. The summed E-state index contributed by atoms with van der Waals surface area (Å²) < 4.78 is 5.94. The van der Waals surface area contributed by atoms with Crippen LogP contribution < -0.4 is 9.74 Å². The average molecular weight is 235 g/mol. The lowest BCUT2D eigenvalue weighted by Gasteiger charge is -2.19. The second kappa shape index (κ2) is 4.59. The Morgan fingerprint density at radius 1 is 1.19 bits per heavy atom. The van der Waals surface area contributed by atoms with E-state index in [2.05, 4.69) is 49.2 Å². The Morgan fingerprint density at radius 2 is 1.88 bits per heavy atom. The van der Waals surface area contributed by atoms with E-state index in [4.69, 9.17) is 4.43 Å². The van der Waals surface area contributed by atoms with Gasteiger partial charge in [-0.2, -0.15) is 0 Å². The van der Waals surface area contributed by atoms with Gasteiger partial charge in [-0.25, -0.2) is 0 Å². The third kappa shape index (κ3) is 3.09. The summed E-state index contributed by atoms with van der Waals surface area (Å²) in [7, 11) is -1.46. The Balaban J connectivity index is 2.04. The summed E-state index contributed by atoms with van der Waals surface area (Å²) in [6.07, 6.45) is 2.55. The summed E-state index contributed by atoms with van der Waals surface area (Å²) in [5, 5.41) is 3.51. The Hall–Kier alpha value is -0.803. The largest absolute Gasteiger partial charge is 0.544 e. The highest BCUT2D eigenvalue weighted by atomic mass is 28.4. The molecule has 1 saturated heterocycles. The van der Waals surface area contributed by atoms with Crippen LogP contribution in [-0.2, 0) is 0 Å². The van der Waals surface area contributed by atoms with Crippen molar-refractivity contribution in [2.24, 2.45) is 0 Å². The van der Waals surface area contributed by atoms with E-state index in [0.29, 0.717) is 6.04 Å². The summed E-state index contributed by atoms with van der Waals surface area (Å²) in [5.41, 5.74) is 1.39. The summed E-state index contributed by atoms with van der Waals surface area (Å²) in [6.45, 7) is 7.77. The summed E-state index contributed by atoms with van der Waals surface area (Å²) in [5.74, 6) is 1.01. The molecule has 1 atom stereocenters. The fraction of sp³-hybridized carbons (Fsp3) is 0.538. The highest BCUT2D eigenvalue weighted by Gasteiger charge is 2.18. The smallest absolute Gasteiger partial charge is 0.242 e. The molecule has 0 bridgehead atoms. The van der Waals surface area contributed by atoms with Crippen LogP contribution in [0.3, 0.4) is 0 Å². The van der Waals surface area contributed by atoms with Crippen LogP contribution in [0, 0.1) is 0 Å². The molecule has 3 heteroatoms. The molecule has 2 nitrogen and oxygen atoms in total. The molecule has 1 heterocycles. The van der Waals surface area contributed by atoms with Crippen molar-refractivity contribution >= 4 is 8.32 Å². The molecule has 0 aromatic heterocycles. The van der Waals surface area contributed by atoms with Gasteiger partial charge in [0.25, 0.3) is 0 Å². The molecular formula is C13H21NOSi. The van der Waals surface area contributed by atoms with Gasteiger partial charge >= 0.3 is 0 Å². The Bertz CT molecular complexity index is 336. The second-order valence-corrected chi connectivity index (χ2v) is 9.86. The summed E-state index contributed by atoms with van der Waals surface area (Å²) >= 11 is 0. The summed E-state index contributed by atoms with van der Waals surface area (Å²) in [6, 6.07) is 9.15. The maximum Gasteiger partial charge on any atom is 0.242 e. The van der Waals surface area contributed by atoms with Crippen LogP contribution in [0.15, 0.2) is 24.3 Å². The molecule has 16 heavy (non-hydrogen) atoms. The predicted octanol–water partition coefficient (Wildman–Crippen LogP) is 3.32. The van der Waals surface area contributed by atoms with Gasteiger partial charge in [0.1, 0.15) is 5.75 Å². The van der Waals surface area contributed by atoms with Gasteiger partial charge in [-0.05, 0) is 56.7 Å². The minimum atomic E-state index is -1.46. The molecule has 1 aliphatic rings. The van der Waals surface area contributed by atoms with Crippen molar-refractivity contribution in [3.05, 3.63) is 29.8 Å². The van der Waals surface area contributed by atoms with Crippen LogP contribution in [0.4, 0.5) is 0 Å². The van der Waals surface area contributed by atoms with E-state index in [1.165, 1.54) is 18.4 Å². The fourth-order valence-corrected chi connectivity index (χ4v) is 2.93. The number of rotatable bonds is 3. The zero-order valence-electron chi connectivity index (χ0n) is 10.4. The SMILES string of the molecule is C[Si](C)(C)Oc1ccc(C2CCCN2)cc1. The van der Waals surface area contributed by atoms with Gasteiger partial charge in [-0.15, -0.1) is 0 Å². The zero-order valence-corrected chi connectivity index (χ0v) is 11.4. The Morgan fingerprint density at radius 3 is 2.38 bits per heavy atom. The van der Waals surface area contributed by atoms with Crippen LogP contribution in [0.1, 0.15) is 24.4 Å². The minimum absolute atomic E-state index is 0.556. The standard InChI is InChI=1S/C13H21NOSi/c1-16(2,3)15-12-8-6-11(7-9-12)13-5-4-10-14-13/h6-9,13-14H,4-5,10H2,1-3H3. The van der Waals surface area contributed by atoms with Gasteiger partial charge in [0.2, 0.25) is 8.32 Å². The number of nitrogens with one attached hydrogen (secondary N) is 1. The lowest BCUT2D eigenvalue weighted by atomic mass is 10.1. The molecule has 1 N–H and O–H groups in total. The highest BCUT2D eigenvalue weighted by molar-refractivity contribution is 6.70. The maximum absolute atomic E-state index is 5.94. The van der Waals surface area contributed by atoms with Gasteiger partial charge in [0.05, 0.1) is 0 Å². The van der Waals surface area contributed by atoms with Crippen LogP contribution >= 0.6 is 0 Å². The number of benzene rings is 1. The van der Waals surface area contributed by atoms with E-state index < -0.39 is 8.32 Å². The van der Waals surface area contributed by atoms with Gasteiger partial charge < -0.3 is 9.74 Å². The molecular weight excluding hydrogens is 214 g/mol. The van der Waals surface area contributed by atoms with Crippen molar-refractivity contribution in [3.63, 3.8) is 0 Å². The molecule has 1 aromatic carbocycles. The predicted molar refractivity (Wildman–Crippen MR) is 70.4 cm³/mol. The van der Waals surface area contributed by atoms with E-state index in [0.717, 1.165) is 12.3 Å². The zero-order chi connectivity index (χ0) is 11.6. The lowest BCUT2D eigenvalue weighted by Crippen LogP contribution is -2.29. The van der Waals surface area contributed by atoms with Crippen LogP contribution in [-0.4, -0.2) is 14.9 Å². The topological polar surface area (TPSA) is 21.3 Å². The Labute approximate surface area is 99.1 Å². The molecule has 1 aromatic rings. The first-order valence-electron chi connectivity index (χ1n) is 6.07. The average Bonchev–Trinajstić information content (AvgIpc) is 2.69. The molecule has 0 spiro atoms. The molecule has 0 aliphatic carbocycles. The second-order valence-electron chi connectivity index (χ2n) is 5.43. The first-order valence-corrected chi connectivity index (χ1v) is 9.48. The first kappa shape index (κ1) is 11.7. The van der Waals surface area contributed by atoms with E-state index in [9.17, 15) is 0 Å². The third-order valence-electron chi connectivity index (χ3n) is 2.77. The molecule has 0 radical (unpaired) electrons. The lowest BCUT2D eigenvalue weighted by molar-refractivity contribution is 0.556. The van der Waals surface area contributed by atoms with Gasteiger partial charge in [0.15, 0.2) is 0 Å². The minimum Gasteiger partial charge on any atom is -0.544 e. The third-order valence-corrected chi connectivity index (χ3v) is 3.61. The van der Waals surface area contributed by atoms with Crippen molar-refractivity contribution in [1.82, 2.24) is 5.32 Å². The van der Waals surface area contributed by atoms with Crippen LogP contribution in [0.25, 0.3) is 0 Å². The van der Waals surface area contributed by atoms with Crippen LogP contribution in [0.5, 0.6) is 5.75 Å². The molecule has 0 saturated carbocycles. The van der Waals surface area contributed by atoms with Crippen molar-refractivity contribution in [3.8, 4) is 5.75 Å². The molecule has 0 amide bonds. The van der Waals surface area contributed by atoms with E-state index >= 15 is 0 Å². The molecule has 1 unspecified atom stereocenters. The van der Waals surface area contributed by atoms with Crippen molar-refractivity contribution in [2.45, 2.75) is 38.5 Å². The van der Waals surface area contributed by atoms with Crippen LogP contribution in [0.2, 0.25) is 19.6 Å². The quantitative estimate of drug-likeness (QED) is 0.811. The van der Waals surface area contributed by atoms with Gasteiger partial charge in [-0.3, -0.25) is 0 Å². The molecule has 2 rings (SSSR count). The van der Waals surface area contributed by atoms with E-state index in [-0.39, 0.29) is 0 Å².